The van der Waals surface area contributed by atoms with Crippen LogP contribution < -0.4 is 5.32 Å². The lowest BCUT2D eigenvalue weighted by molar-refractivity contribution is -0.133. The number of hydrogen-bond donors (Lipinski definition) is 2. The Labute approximate surface area is 181 Å². The number of phenols is 1. The van der Waals surface area contributed by atoms with E-state index in [0.29, 0.717) is 17.1 Å². The average Bonchev–Trinajstić information content (AvgIpc) is 3.01. The van der Waals surface area contributed by atoms with Crippen molar-refractivity contribution in [3.8, 4) is 5.75 Å². The molecule has 0 radical (unpaired) electrons. The molecular weight excluding hydrogens is 372 g/mol. The SMILES string of the molecule is CCN(CC)C(=O)C1C=CC(C2CC3(CCNCC3)Cc3ccc(O)cc32)=CCC1. The first-order valence-corrected chi connectivity index (χ1v) is 11.7. The average molecular weight is 409 g/mol. The van der Waals surface area contributed by atoms with Gasteiger partial charge in [-0.15, -0.1) is 0 Å². The quantitative estimate of drug-likeness (QED) is 0.768. The molecule has 0 aromatic heterocycles. The predicted octanol–water partition coefficient (Wildman–Crippen LogP) is 4.55. The lowest BCUT2D eigenvalue weighted by Gasteiger charge is -2.45. The van der Waals surface area contributed by atoms with E-state index in [1.54, 1.807) is 0 Å². The zero-order valence-electron chi connectivity index (χ0n) is 18.5. The first-order valence-electron chi connectivity index (χ1n) is 11.7. The van der Waals surface area contributed by atoms with E-state index in [1.165, 1.54) is 29.5 Å². The van der Waals surface area contributed by atoms with Crippen LogP contribution in [-0.2, 0) is 11.2 Å². The number of carbonyl (C=O) groups is 1. The summed E-state index contributed by atoms with van der Waals surface area (Å²) in [6.07, 6.45) is 13.2. The second kappa shape index (κ2) is 8.97. The lowest BCUT2D eigenvalue weighted by Crippen LogP contribution is -2.41. The molecule has 162 valence electrons. The molecule has 1 fully saturated rings. The summed E-state index contributed by atoms with van der Waals surface area (Å²) < 4.78 is 0. The van der Waals surface area contributed by atoms with Gasteiger partial charge in [0.15, 0.2) is 0 Å². The zero-order valence-corrected chi connectivity index (χ0v) is 18.5. The third kappa shape index (κ3) is 4.20. The number of rotatable bonds is 4. The van der Waals surface area contributed by atoms with Gasteiger partial charge in [0, 0.05) is 19.0 Å². The fraction of sp³-hybridized carbons (Fsp3) is 0.577. The summed E-state index contributed by atoms with van der Waals surface area (Å²) in [7, 11) is 0. The molecule has 4 heteroatoms. The van der Waals surface area contributed by atoms with E-state index >= 15 is 0 Å². The van der Waals surface area contributed by atoms with Crippen molar-refractivity contribution >= 4 is 5.91 Å². The lowest BCUT2D eigenvalue weighted by atomic mass is 9.61. The van der Waals surface area contributed by atoms with Crippen molar-refractivity contribution in [1.82, 2.24) is 10.2 Å². The van der Waals surface area contributed by atoms with Crippen LogP contribution in [0.25, 0.3) is 0 Å². The maximum Gasteiger partial charge on any atom is 0.229 e. The van der Waals surface area contributed by atoms with Crippen LogP contribution in [0.15, 0.2) is 42.0 Å². The van der Waals surface area contributed by atoms with Gasteiger partial charge in [0.05, 0.1) is 5.92 Å². The van der Waals surface area contributed by atoms with E-state index in [9.17, 15) is 9.90 Å². The summed E-state index contributed by atoms with van der Waals surface area (Å²) in [5, 5.41) is 13.7. The van der Waals surface area contributed by atoms with Gasteiger partial charge < -0.3 is 15.3 Å². The first kappa shape index (κ1) is 21.2. The van der Waals surface area contributed by atoms with Crippen LogP contribution in [0.2, 0.25) is 0 Å². The van der Waals surface area contributed by atoms with Crippen LogP contribution in [0.5, 0.6) is 5.75 Å². The molecule has 2 aliphatic carbocycles. The smallest absolute Gasteiger partial charge is 0.229 e. The molecule has 2 N–H and O–H groups in total. The highest BCUT2D eigenvalue weighted by Gasteiger charge is 2.40. The van der Waals surface area contributed by atoms with Crippen molar-refractivity contribution in [2.24, 2.45) is 11.3 Å². The molecule has 1 aromatic carbocycles. The minimum Gasteiger partial charge on any atom is -0.508 e. The normalized spacial score (nSPS) is 25.3. The van der Waals surface area contributed by atoms with Gasteiger partial charge >= 0.3 is 0 Å². The number of piperidine rings is 1. The Bertz CT molecular complexity index is 831. The van der Waals surface area contributed by atoms with Crippen LogP contribution >= 0.6 is 0 Å². The van der Waals surface area contributed by atoms with Crippen LogP contribution in [-0.4, -0.2) is 42.1 Å². The molecule has 1 aromatic rings. The van der Waals surface area contributed by atoms with E-state index in [2.05, 4.69) is 43.5 Å². The zero-order chi connectivity index (χ0) is 21.1. The third-order valence-corrected chi connectivity index (χ3v) is 7.55. The molecule has 1 spiro atoms. The Morgan fingerprint density at radius 2 is 2.00 bits per heavy atom. The summed E-state index contributed by atoms with van der Waals surface area (Å²) in [6.45, 7) is 7.83. The third-order valence-electron chi connectivity index (χ3n) is 7.55. The number of hydrogen-bond acceptors (Lipinski definition) is 3. The molecule has 2 unspecified atom stereocenters. The number of allylic oxidation sites excluding steroid dienone is 3. The van der Waals surface area contributed by atoms with Crippen molar-refractivity contribution in [2.75, 3.05) is 26.2 Å². The molecule has 30 heavy (non-hydrogen) atoms. The largest absolute Gasteiger partial charge is 0.508 e. The molecule has 1 amide bonds. The molecule has 2 atom stereocenters. The van der Waals surface area contributed by atoms with E-state index in [-0.39, 0.29) is 11.8 Å². The molecule has 3 aliphatic rings. The highest BCUT2D eigenvalue weighted by molar-refractivity contribution is 5.80. The first-order chi connectivity index (χ1) is 14.5. The Morgan fingerprint density at radius 3 is 2.73 bits per heavy atom. The van der Waals surface area contributed by atoms with Gasteiger partial charge in [-0.25, -0.2) is 0 Å². The van der Waals surface area contributed by atoms with E-state index in [0.717, 1.165) is 51.9 Å². The minimum atomic E-state index is -0.0290. The maximum absolute atomic E-state index is 12.9. The second-order valence-electron chi connectivity index (χ2n) is 9.32. The number of nitrogens with zero attached hydrogens (tertiary/aromatic N) is 1. The number of phenolic OH excluding ortho intramolecular Hbond substituents is 1. The Morgan fingerprint density at radius 1 is 1.23 bits per heavy atom. The molecule has 0 saturated carbocycles. The number of carbonyl (C=O) groups excluding carboxylic acids is 1. The number of fused-ring (bicyclic) bond motifs is 1. The Hall–Kier alpha value is -2.07. The van der Waals surface area contributed by atoms with Crippen LogP contribution in [0, 0.1) is 11.3 Å². The molecule has 0 bridgehead atoms. The van der Waals surface area contributed by atoms with Crippen molar-refractivity contribution in [2.45, 2.75) is 58.3 Å². The molecular formula is C26H36N2O2. The van der Waals surface area contributed by atoms with Gasteiger partial charge in [-0.3, -0.25) is 4.79 Å². The van der Waals surface area contributed by atoms with Crippen molar-refractivity contribution in [3.05, 3.63) is 53.1 Å². The number of aromatic hydroxyl groups is 1. The fourth-order valence-electron chi connectivity index (χ4n) is 5.78. The minimum absolute atomic E-state index is 0.0290. The molecule has 4 nitrogen and oxygen atoms in total. The standard InChI is InChI=1S/C26H36N2O2/c1-3-28(4-2)25(30)20-7-5-6-19(8-9-20)24-18-26(12-14-27-15-13-26)17-21-10-11-22(29)16-23(21)24/h6,8-11,16,20,24,27,29H,3-5,7,12-15,17-18H2,1-2H3. The monoisotopic (exact) mass is 408 g/mol. The highest BCUT2D eigenvalue weighted by atomic mass is 16.3. The number of amides is 1. The van der Waals surface area contributed by atoms with Crippen molar-refractivity contribution < 1.29 is 9.90 Å². The van der Waals surface area contributed by atoms with Crippen molar-refractivity contribution in [1.29, 1.82) is 0 Å². The van der Waals surface area contributed by atoms with Crippen molar-refractivity contribution in [3.63, 3.8) is 0 Å². The van der Waals surface area contributed by atoms with Gasteiger partial charge in [0.1, 0.15) is 5.75 Å². The summed E-state index contributed by atoms with van der Waals surface area (Å²) in [5.41, 5.74) is 4.34. The van der Waals surface area contributed by atoms with Gasteiger partial charge in [0.2, 0.25) is 5.91 Å². The summed E-state index contributed by atoms with van der Waals surface area (Å²) in [4.78, 5) is 14.8. The van der Waals surface area contributed by atoms with Gasteiger partial charge in [0.25, 0.3) is 0 Å². The molecule has 1 aliphatic heterocycles. The van der Waals surface area contributed by atoms with E-state index < -0.39 is 0 Å². The van der Waals surface area contributed by atoms with Gasteiger partial charge in [-0.1, -0.05) is 24.3 Å². The summed E-state index contributed by atoms with van der Waals surface area (Å²) in [5.74, 6) is 0.881. The van der Waals surface area contributed by atoms with Gasteiger partial charge in [-0.05, 0) is 99.7 Å². The summed E-state index contributed by atoms with van der Waals surface area (Å²) >= 11 is 0. The number of nitrogens with one attached hydrogen (secondary N) is 1. The molecule has 4 rings (SSSR count). The van der Waals surface area contributed by atoms with Crippen LogP contribution in [0.1, 0.15) is 63.0 Å². The molecule has 1 heterocycles. The fourth-order valence-corrected chi connectivity index (χ4v) is 5.78. The van der Waals surface area contributed by atoms with E-state index in [1.807, 2.05) is 17.0 Å². The Balaban J connectivity index is 1.63. The highest BCUT2D eigenvalue weighted by Crippen LogP contribution is 2.51. The van der Waals surface area contributed by atoms with Gasteiger partial charge in [-0.2, -0.15) is 0 Å². The predicted molar refractivity (Wildman–Crippen MR) is 122 cm³/mol. The Kier molecular flexibility index (Phi) is 6.33. The topological polar surface area (TPSA) is 52.6 Å². The maximum atomic E-state index is 12.9. The summed E-state index contributed by atoms with van der Waals surface area (Å²) in [6, 6.07) is 5.95. The van der Waals surface area contributed by atoms with Crippen LogP contribution in [0.4, 0.5) is 0 Å². The van der Waals surface area contributed by atoms with Crippen LogP contribution in [0.3, 0.4) is 0 Å². The van der Waals surface area contributed by atoms with E-state index in [4.69, 9.17) is 0 Å². The molecule has 1 saturated heterocycles. The number of benzene rings is 1. The second-order valence-corrected chi connectivity index (χ2v) is 9.32.